The number of nitro benzene ring substituents is 1. The van der Waals surface area contributed by atoms with Gasteiger partial charge < -0.3 is 9.80 Å². The largest absolute Gasteiger partial charge is 0.360 e. The molecule has 1 N–H and O–H groups in total. The minimum absolute atomic E-state index is 0.0576. The van der Waals surface area contributed by atoms with E-state index in [-0.39, 0.29) is 11.5 Å². The van der Waals surface area contributed by atoms with Crippen LogP contribution < -0.4 is 9.80 Å². The van der Waals surface area contributed by atoms with Gasteiger partial charge in [0.2, 0.25) is 0 Å². The highest BCUT2D eigenvalue weighted by atomic mass is 16.6. The molecule has 124 valence electrons. The average Bonchev–Trinajstić information content (AvgIpc) is 2.62. The molecule has 0 amide bonds. The van der Waals surface area contributed by atoms with Crippen LogP contribution in [0.25, 0.3) is 0 Å². The lowest BCUT2D eigenvalue weighted by Gasteiger charge is -2.32. The van der Waals surface area contributed by atoms with Crippen molar-refractivity contribution in [2.75, 3.05) is 38.1 Å². The zero-order valence-corrected chi connectivity index (χ0v) is 13.6. The lowest BCUT2D eigenvalue weighted by atomic mass is 10.00. The average molecular weight is 326 g/mol. The molecule has 24 heavy (non-hydrogen) atoms. The van der Waals surface area contributed by atoms with Gasteiger partial charge in [0.1, 0.15) is 0 Å². The van der Waals surface area contributed by atoms with Gasteiger partial charge in [0.25, 0.3) is 5.69 Å². The van der Waals surface area contributed by atoms with E-state index in [2.05, 4.69) is 11.9 Å². The molecule has 6 heteroatoms. The zero-order chi connectivity index (χ0) is 17.1. The molecule has 1 saturated heterocycles. The second-order valence-corrected chi connectivity index (χ2v) is 6.10. The number of likely N-dealkylation sites (N-methyl/N-ethyl adjacent to an activating group) is 1. The number of nitrogens with zero attached hydrogens (tertiary/aromatic N) is 2. The molecule has 0 aromatic heterocycles. The fraction of sp³-hybridized carbons (Fsp3) is 0.278. The van der Waals surface area contributed by atoms with Gasteiger partial charge in [-0.2, -0.15) is 0 Å². The van der Waals surface area contributed by atoms with E-state index in [1.807, 2.05) is 6.07 Å². The van der Waals surface area contributed by atoms with Crippen LogP contribution in [0.4, 0.5) is 11.4 Å². The monoisotopic (exact) mass is 326 g/mol. The van der Waals surface area contributed by atoms with E-state index in [9.17, 15) is 14.9 Å². The van der Waals surface area contributed by atoms with Crippen LogP contribution in [0.5, 0.6) is 0 Å². The number of ketones is 1. The van der Waals surface area contributed by atoms with Gasteiger partial charge in [-0.15, -0.1) is 0 Å². The van der Waals surface area contributed by atoms with Crippen molar-refractivity contribution >= 4 is 17.2 Å². The molecule has 0 atom stereocenters. The Kier molecular flexibility index (Phi) is 4.57. The van der Waals surface area contributed by atoms with Crippen LogP contribution >= 0.6 is 0 Å². The molecule has 0 bridgehead atoms. The minimum Gasteiger partial charge on any atom is -0.360 e. The number of piperazine rings is 1. The molecule has 6 nitrogen and oxygen atoms in total. The Morgan fingerprint density at radius 1 is 1.12 bits per heavy atom. The lowest BCUT2D eigenvalue weighted by Crippen LogP contribution is -3.12. The predicted octanol–water partition coefficient (Wildman–Crippen LogP) is 1.16. The lowest BCUT2D eigenvalue weighted by molar-refractivity contribution is -0.880. The van der Waals surface area contributed by atoms with Gasteiger partial charge in [-0.05, 0) is 6.07 Å². The first kappa shape index (κ1) is 16.1. The highest BCUT2D eigenvalue weighted by Gasteiger charge is 2.24. The molecular weight excluding hydrogens is 306 g/mol. The van der Waals surface area contributed by atoms with Crippen LogP contribution in [0.15, 0.2) is 48.5 Å². The Balaban J connectivity index is 2.02. The summed E-state index contributed by atoms with van der Waals surface area (Å²) in [6.45, 7) is 3.63. The van der Waals surface area contributed by atoms with Gasteiger partial charge in [-0.1, -0.05) is 30.3 Å². The summed E-state index contributed by atoms with van der Waals surface area (Å²) in [7, 11) is 2.14. The maximum Gasteiger partial charge on any atom is 0.270 e. The third-order valence-electron chi connectivity index (χ3n) is 4.43. The summed E-state index contributed by atoms with van der Waals surface area (Å²) in [4.78, 5) is 27.1. The molecule has 1 aliphatic heterocycles. The summed E-state index contributed by atoms with van der Waals surface area (Å²) in [6.07, 6.45) is 0. The number of carbonyl (C=O) groups is 1. The second-order valence-electron chi connectivity index (χ2n) is 6.10. The third-order valence-corrected chi connectivity index (χ3v) is 4.43. The minimum atomic E-state index is -0.459. The number of quaternary nitrogens is 1. The summed E-state index contributed by atoms with van der Waals surface area (Å²) in [5, 5.41) is 11.1. The van der Waals surface area contributed by atoms with Crippen molar-refractivity contribution in [1.82, 2.24) is 0 Å². The highest BCUT2D eigenvalue weighted by Crippen LogP contribution is 2.28. The smallest absolute Gasteiger partial charge is 0.270 e. The highest BCUT2D eigenvalue weighted by molar-refractivity contribution is 6.12. The van der Waals surface area contributed by atoms with Crippen molar-refractivity contribution in [3.8, 4) is 0 Å². The Hall–Kier alpha value is -2.73. The number of anilines is 1. The summed E-state index contributed by atoms with van der Waals surface area (Å²) in [5.74, 6) is -0.180. The number of rotatable bonds is 4. The predicted molar refractivity (Wildman–Crippen MR) is 91.8 cm³/mol. The number of non-ortho nitro benzene ring substituents is 1. The topological polar surface area (TPSA) is 67.9 Å². The summed E-state index contributed by atoms with van der Waals surface area (Å²) in [5.41, 5.74) is 1.66. The van der Waals surface area contributed by atoms with E-state index in [1.54, 1.807) is 30.3 Å². The first-order valence-electron chi connectivity index (χ1n) is 8.00. The van der Waals surface area contributed by atoms with E-state index in [0.29, 0.717) is 11.1 Å². The molecule has 2 aromatic carbocycles. The molecule has 2 aromatic rings. The van der Waals surface area contributed by atoms with Crippen molar-refractivity contribution in [3.63, 3.8) is 0 Å². The number of benzene rings is 2. The van der Waals surface area contributed by atoms with E-state index < -0.39 is 4.92 Å². The van der Waals surface area contributed by atoms with Gasteiger partial charge in [0.05, 0.1) is 43.7 Å². The Labute approximate surface area is 140 Å². The maximum absolute atomic E-state index is 12.9. The van der Waals surface area contributed by atoms with Gasteiger partial charge in [0.15, 0.2) is 5.78 Å². The second kappa shape index (κ2) is 6.80. The van der Waals surface area contributed by atoms with Crippen molar-refractivity contribution in [3.05, 3.63) is 69.8 Å². The first-order valence-corrected chi connectivity index (χ1v) is 8.00. The summed E-state index contributed by atoms with van der Waals surface area (Å²) < 4.78 is 0. The van der Waals surface area contributed by atoms with Crippen LogP contribution in [0, 0.1) is 10.1 Å². The van der Waals surface area contributed by atoms with Gasteiger partial charge in [-0.3, -0.25) is 14.9 Å². The molecular formula is C18H20N3O3+. The number of carbonyl (C=O) groups excluding carboxylic acids is 1. The number of hydrogen-bond acceptors (Lipinski definition) is 4. The molecule has 1 aliphatic rings. The van der Waals surface area contributed by atoms with E-state index in [1.165, 1.54) is 17.0 Å². The van der Waals surface area contributed by atoms with Crippen molar-refractivity contribution < 1.29 is 14.6 Å². The SMILES string of the molecule is C[NH+]1CCN(c2ccc([N+](=O)[O-])cc2C(=O)c2ccccc2)CC1. The third kappa shape index (κ3) is 3.28. The van der Waals surface area contributed by atoms with Crippen molar-refractivity contribution in [1.29, 1.82) is 0 Å². The quantitative estimate of drug-likeness (QED) is 0.520. The van der Waals surface area contributed by atoms with Crippen LogP contribution in [-0.4, -0.2) is 43.9 Å². The van der Waals surface area contributed by atoms with Gasteiger partial charge >= 0.3 is 0 Å². The van der Waals surface area contributed by atoms with E-state index in [4.69, 9.17) is 0 Å². The number of hydrogen-bond donors (Lipinski definition) is 1. The Bertz CT molecular complexity index is 753. The molecule has 0 spiro atoms. The Morgan fingerprint density at radius 2 is 1.79 bits per heavy atom. The molecule has 1 fully saturated rings. The number of nitro groups is 1. The van der Waals surface area contributed by atoms with Crippen LogP contribution in [0.1, 0.15) is 15.9 Å². The van der Waals surface area contributed by atoms with E-state index >= 15 is 0 Å². The molecule has 0 unspecified atom stereocenters. The number of nitrogens with one attached hydrogen (secondary N) is 1. The van der Waals surface area contributed by atoms with Crippen molar-refractivity contribution in [2.45, 2.75) is 0 Å². The molecule has 1 heterocycles. The zero-order valence-electron chi connectivity index (χ0n) is 13.6. The first-order chi connectivity index (χ1) is 11.6. The standard InChI is InChI=1S/C18H19N3O3/c1-19-9-11-20(12-10-19)17-8-7-15(21(23)24)13-16(17)18(22)14-5-3-2-4-6-14/h2-8,13H,9-12H2,1H3/p+1. The molecule has 3 rings (SSSR count). The van der Waals surface area contributed by atoms with Crippen LogP contribution in [-0.2, 0) is 0 Å². The summed E-state index contributed by atoms with van der Waals surface area (Å²) >= 11 is 0. The van der Waals surface area contributed by atoms with Crippen molar-refractivity contribution in [2.24, 2.45) is 0 Å². The fourth-order valence-corrected chi connectivity index (χ4v) is 2.97. The van der Waals surface area contributed by atoms with Crippen LogP contribution in [0.2, 0.25) is 0 Å². The molecule has 0 radical (unpaired) electrons. The van der Waals surface area contributed by atoms with E-state index in [0.717, 1.165) is 31.9 Å². The molecule has 0 aliphatic carbocycles. The van der Waals surface area contributed by atoms with Gasteiger partial charge in [-0.25, -0.2) is 0 Å². The normalized spacial score (nSPS) is 15.3. The Morgan fingerprint density at radius 3 is 2.42 bits per heavy atom. The van der Waals surface area contributed by atoms with Crippen LogP contribution in [0.3, 0.4) is 0 Å². The maximum atomic E-state index is 12.9. The summed E-state index contributed by atoms with van der Waals surface area (Å²) in [6, 6.07) is 13.5. The fourth-order valence-electron chi connectivity index (χ4n) is 2.97. The molecule has 0 saturated carbocycles. The van der Waals surface area contributed by atoms with Gasteiger partial charge in [0, 0.05) is 23.4 Å².